The van der Waals surface area contributed by atoms with Crippen LogP contribution < -0.4 is 10.6 Å². The van der Waals surface area contributed by atoms with Crippen molar-refractivity contribution < 1.29 is 0 Å². The zero-order valence-corrected chi connectivity index (χ0v) is 14.5. The van der Waals surface area contributed by atoms with E-state index in [4.69, 9.17) is 0 Å². The molecule has 18 heavy (non-hydrogen) atoms. The predicted octanol–water partition coefficient (Wildman–Crippen LogP) is 3.14. The summed E-state index contributed by atoms with van der Waals surface area (Å²) in [4.78, 5) is 4.22. The van der Waals surface area contributed by atoms with Crippen molar-refractivity contribution in [1.29, 1.82) is 0 Å². The first kappa shape index (κ1) is 15.8. The summed E-state index contributed by atoms with van der Waals surface area (Å²) in [6, 6.07) is 8.89. The lowest BCUT2D eigenvalue weighted by Crippen LogP contribution is -2.38. The molecule has 0 radical (unpaired) electrons. The van der Waals surface area contributed by atoms with Crippen LogP contribution in [0.3, 0.4) is 0 Å². The third-order valence-electron chi connectivity index (χ3n) is 3.00. The summed E-state index contributed by atoms with van der Waals surface area (Å²) in [5, 5.41) is 6.73. The number of hydrogen-bond donors (Lipinski definition) is 2. The van der Waals surface area contributed by atoms with E-state index in [0.717, 1.165) is 22.9 Å². The van der Waals surface area contributed by atoms with Crippen molar-refractivity contribution in [3.63, 3.8) is 0 Å². The Labute approximate surface area is 134 Å². The van der Waals surface area contributed by atoms with Gasteiger partial charge >= 0.3 is 0 Å². The standard InChI is InChI=1S/C13H18BrN3.HI/c1-9-6-12(9)17-13(15-2)16-8-10-4-3-5-11(14)7-10;/h3-5,7,9,12H,6,8H2,1-2H3,(H2,15,16,17);1H. The minimum Gasteiger partial charge on any atom is -0.353 e. The summed E-state index contributed by atoms with van der Waals surface area (Å²) < 4.78 is 1.11. The quantitative estimate of drug-likeness (QED) is 0.445. The largest absolute Gasteiger partial charge is 0.353 e. The molecule has 5 heteroatoms. The van der Waals surface area contributed by atoms with Gasteiger partial charge in [-0.15, -0.1) is 24.0 Å². The maximum Gasteiger partial charge on any atom is 0.191 e. The van der Waals surface area contributed by atoms with E-state index in [-0.39, 0.29) is 24.0 Å². The first-order valence-corrected chi connectivity index (χ1v) is 6.70. The minimum atomic E-state index is 0. The monoisotopic (exact) mass is 423 g/mol. The van der Waals surface area contributed by atoms with E-state index >= 15 is 0 Å². The van der Waals surface area contributed by atoms with E-state index in [0.29, 0.717) is 6.04 Å². The average molecular weight is 424 g/mol. The molecule has 2 rings (SSSR count). The molecule has 0 aromatic heterocycles. The van der Waals surface area contributed by atoms with Gasteiger partial charge in [0.25, 0.3) is 0 Å². The molecule has 1 aliphatic rings. The second kappa shape index (κ2) is 7.33. The Morgan fingerprint density at radius 3 is 2.78 bits per heavy atom. The van der Waals surface area contributed by atoms with Crippen molar-refractivity contribution in [2.45, 2.75) is 25.9 Å². The Morgan fingerprint density at radius 2 is 2.22 bits per heavy atom. The van der Waals surface area contributed by atoms with Crippen LogP contribution in [0.4, 0.5) is 0 Å². The third-order valence-corrected chi connectivity index (χ3v) is 3.50. The van der Waals surface area contributed by atoms with Crippen LogP contribution in [0.15, 0.2) is 33.7 Å². The number of halogens is 2. The molecular formula is C13H19BrIN3. The van der Waals surface area contributed by atoms with Gasteiger partial charge in [0, 0.05) is 24.1 Å². The van der Waals surface area contributed by atoms with Gasteiger partial charge in [-0.3, -0.25) is 4.99 Å². The minimum absolute atomic E-state index is 0. The van der Waals surface area contributed by atoms with Gasteiger partial charge in [-0.05, 0) is 30.0 Å². The van der Waals surface area contributed by atoms with Gasteiger partial charge in [0.15, 0.2) is 5.96 Å². The lowest BCUT2D eigenvalue weighted by molar-refractivity contribution is 0.763. The van der Waals surface area contributed by atoms with Crippen LogP contribution >= 0.6 is 39.9 Å². The van der Waals surface area contributed by atoms with E-state index in [9.17, 15) is 0 Å². The van der Waals surface area contributed by atoms with Gasteiger partial charge in [-0.25, -0.2) is 0 Å². The van der Waals surface area contributed by atoms with Crippen molar-refractivity contribution in [2.24, 2.45) is 10.9 Å². The molecule has 1 aliphatic carbocycles. The third kappa shape index (κ3) is 4.76. The van der Waals surface area contributed by atoms with Crippen LogP contribution in [0.25, 0.3) is 0 Å². The Kier molecular flexibility index (Phi) is 6.42. The highest BCUT2D eigenvalue weighted by atomic mass is 127. The van der Waals surface area contributed by atoms with Crippen LogP contribution in [-0.2, 0) is 6.54 Å². The number of rotatable bonds is 3. The van der Waals surface area contributed by atoms with Gasteiger partial charge in [0.1, 0.15) is 0 Å². The Morgan fingerprint density at radius 1 is 1.50 bits per heavy atom. The van der Waals surface area contributed by atoms with Crippen molar-refractivity contribution >= 4 is 45.9 Å². The number of benzene rings is 1. The average Bonchev–Trinajstić information content (AvgIpc) is 3.00. The van der Waals surface area contributed by atoms with E-state index in [1.54, 1.807) is 0 Å². The van der Waals surface area contributed by atoms with E-state index in [2.05, 4.69) is 50.6 Å². The van der Waals surface area contributed by atoms with Crippen LogP contribution in [0.1, 0.15) is 18.9 Å². The Bertz CT molecular complexity index is 422. The van der Waals surface area contributed by atoms with Crippen molar-refractivity contribution in [3.8, 4) is 0 Å². The summed E-state index contributed by atoms with van der Waals surface area (Å²) in [7, 11) is 1.81. The lowest BCUT2D eigenvalue weighted by Gasteiger charge is -2.11. The maximum atomic E-state index is 4.22. The summed E-state index contributed by atoms with van der Waals surface area (Å²) >= 11 is 3.47. The highest BCUT2D eigenvalue weighted by Crippen LogP contribution is 2.28. The van der Waals surface area contributed by atoms with Gasteiger partial charge in [0.05, 0.1) is 0 Å². The second-order valence-electron chi connectivity index (χ2n) is 4.52. The molecule has 0 amide bonds. The topological polar surface area (TPSA) is 36.4 Å². The number of aliphatic imine (C=N–C) groups is 1. The molecule has 3 nitrogen and oxygen atoms in total. The van der Waals surface area contributed by atoms with Gasteiger partial charge in [-0.1, -0.05) is 35.0 Å². The van der Waals surface area contributed by atoms with Crippen molar-refractivity contribution in [3.05, 3.63) is 34.3 Å². The fourth-order valence-electron chi connectivity index (χ4n) is 1.73. The molecule has 0 aliphatic heterocycles. The van der Waals surface area contributed by atoms with Crippen LogP contribution in [0.5, 0.6) is 0 Å². The van der Waals surface area contributed by atoms with Gasteiger partial charge in [-0.2, -0.15) is 0 Å². The van der Waals surface area contributed by atoms with Gasteiger partial charge < -0.3 is 10.6 Å². The smallest absolute Gasteiger partial charge is 0.191 e. The molecule has 2 N–H and O–H groups in total. The van der Waals surface area contributed by atoms with E-state index < -0.39 is 0 Å². The van der Waals surface area contributed by atoms with Crippen LogP contribution in [0, 0.1) is 5.92 Å². The molecule has 2 atom stereocenters. The molecule has 0 heterocycles. The number of nitrogens with one attached hydrogen (secondary N) is 2. The Balaban J connectivity index is 0.00000162. The molecule has 1 fully saturated rings. The van der Waals surface area contributed by atoms with E-state index in [1.807, 2.05) is 19.2 Å². The fraction of sp³-hybridized carbons (Fsp3) is 0.462. The number of guanidine groups is 1. The van der Waals surface area contributed by atoms with Crippen LogP contribution in [-0.4, -0.2) is 19.0 Å². The molecule has 0 spiro atoms. The van der Waals surface area contributed by atoms with E-state index in [1.165, 1.54) is 12.0 Å². The first-order chi connectivity index (χ1) is 8.19. The van der Waals surface area contributed by atoms with Crippen molar-refractivity contribution in [1.82, 2.24) is 10.6 Å². The van der Waals surface area contributed by atoms with Crippen LogP contribution in [0.2, 0.25) is 0 Å². The second-order valence-corrected chi connectivity index (χ2v) is 5.44. The summed E-state index contributed by atoms with van der Waals surface area (Å²) in [6.45, 7) is 3.04. The molecular weight excluding hydrogens is 405 g/mol. The molecule has 1 aromatic rings. The van der Waals surface area contributed by atoms with Gasteiger partial charge in [0.2, 0.25) is 0 Å². The number of hydrogen-bond acceptors (Lipinski definition) is 1. The normalized spacial score (nSPS) is 22.1. The first-order valence-electron chi connectivity index (χ1n) is 5.90. The lowest BCUT2D eigenvalue weighted by atomic mass is 10.2. The SMILES string of the molecule is CN=C(NCc1cccc(Br)c1)NC1CC1C.I. The molecule has 1 aromatic carbocycles. The summed E-state index contributed by atoms with van der Waals surface area (Å²) in [5.74, 6) is 1.67. The zero-order valence-electron chi connectivity index (χ0n) is 10.6. The highest BCUT2D eigenvalue weighted by Gasteiger charge is 2.33. The Hall–Kier alpha value is -0.300. The van der Waals surface area contributed by atoms with Crippen molar-refractivity contribution in [2.75, 3.05) is 7.05 Å². The predicted molar refractivity (Wildman–Crippen MR) is 90.5 cm³/mol. The summed E-state index contributed by atoms with van der Waals surface area (Å²) in [5.41, 5.74) is 1.24. The molecule has 0 bridgehead atoms. The fourth-order valence-corrected chi connectivity index (χ4v) is 2.17. The zero-order chi connectivity index (χ0) is 12.3. The molecule has 100 valence electrons. The highest BCUT2D eigenvalue weighted by molar-refractivity contribution is 14.0. The molecule has 2 unspecified atom stereocenters. The number of nitrogens with zero attached hydrogens (tertiary/aromatic N) is 1. The summed E-state index contributed by atoms with van der Waals surface area (Å²) in [6.07, 6.45) is 1.25. The molecule has 1 saturated carbocycles. The molecule has 0 saturated heterocycles. The maximum absolute atomic E-state index is 4.22.